The highest BCUT2D eigenvalue weighted by Gasteiger charge is 2.23. The summed E-state index contributed by atoms with van der Waals surface area (Å²) in [4.78, 5) is 29.2. The van der Waals surface area contributed by atoms with Gasteiger partial charge in [-0.15, -0.1) is 0 Å². The first-order valence-corrected chi connectivity index (χ1v) is 13.7. The molecule has 9 nitrogen and oxygen atoms in total. The number of rotatable bonds is 9. The zero-order valence-corrected chi connectivity index (χ0v) is 20.8. The van der Waals surface area contributed by atoms with E-state index < -0.39 is 10.0 Å². The van der Waals surface area contributed by atoms with Gasteiger partial charge in [0.1, 0.15) is 6.54 Å². The lowest BCUT2D eigenvalue weighted by molar-refractivity contribution is -0.119. The number of carbonyl (C=O) groups excluding carboxylic acids is 2. The van der Waals surface area contributed by atoms with Crippen molar-refractivity contribution in [3.05, 3.63) is 59.7 Å². The van der Waals surface area contributed by atoms with Gasteiger partial charge in [0.05, 0.1) is 25.2 Å². The minimum absolute atomic E-state index is 0.121. The van der Waals surface area contributed by atoms with E-state index in [-0.39, 0.29) is 18.4 Å². The Hall–Kier alpha value is -3.11. The Balaban J connectivity index is 1.30. The Morgan fingerprint density at radius 3 is 2.46 bits per heavy atom. The first-order valence-electron chi connectivity index (χ1n) is 11.9. The minimum Gasteiger partial charge on any atom is -0.378 e. The lowest BCUT2D eigenvalue weighted by Gasteiger charge is -2.27. The van der Waals surface area contributed by atoms with Gasteiger partial charge in [0.25, 0.3) is 5.91 Å². The van der Waals surface area contributed by atoms with Crippen molar-refractivity contribution < 1.29 is 22.7 Å². The van der Waals surface area contributed by atoms with Crippen LogP contribution in [0.3, 0.4) is 0 Å². The van der Waals surface area contributed by atoms with Crippen molar-refractivity contribution in [1.82, 2.24) is 10.2 Å². The lowest BCUT2D eigenvalue weighted by Crippen LogP contribution is -2.41. The third-order valence-electron chi connectivity index (χ3n) is 6.30. The van der Waals surface area contributed by atoms with E-state index in [2.05, 4.69) is 22.3 Å². The van der Waals surface area contributed by atoms with Crippen molar-refractivity contribution >= 4 is 33.2 Å². The first-order chi connectivity index (χ1) is 16.8. The van der Waals surface area contributed by atoms with Crippen LogP contribution in [0.1, 0.15) is 22.3 Å². The summed E-state index contributed by atoms with van der Waals surface area (Å²) in [6, 6.07) is 14.6. The highest BCUT2D eigenvalue weighted by atomic mass is 32.2. The number of morpholine rings is 1. The fourth-order valence-electron chi connectivity index (χ4n) is 4.44. The maximum absolute atomic E-state index is 12.6. The minimum atomic E-state index is -3.69. The zero-order chi connectivity index (χ0) is 24.8. The second-order valence-corrected chi connectivity index (χ2v) is 10.7. The van der Waals surface area contributed by atoms with E-state index in [1.54, 1.807) is 29.2 Å². The van der Waals surface area contributed by atoms with Crippen LogP contribution < -0.4 is 14.5 Å². The number of carbonyl (C=O) groups is 2. The van der Waals surface area contributed by atoms with Crippen LogP contribution in [0.25, 0.3) is 0 Å². The van der Waals surface area contributed by atoms with Gasteiger partial charge in [-0.3, -0.25) is 13.9 Å². The Labute approximate surface area is 206 Å². The number of ether oxygens (including phenoxy) is 1. The Kier molecular flexibility index (Phi) is 7.92. The molecule has 0 unspecified atom stereocenters. The summed E-state index contributed by atoms with van der Waals surface area (Å²) in [5, 5.41) is 2.83. The maximum atomic E-state index is 12.6. The van der Waals surface area contributed by atoms with Crippen molar-refractivity contribution in [1.29, 1.82) is 0 Å². The van der Waals surface area contributed by atoms with Crippen LogP contribution in [-0.2, 0) is 26.0 Å². The van der Waals surface area contributed by atoms with Crippen LogP contribution in [0.5, 0.6) is 0 Å². The van der Waals surface area contributed by atoms with Crippen molar-refractivity contribution in [3.8, 4) is 0 Å². The zero-order valence-electron chi connectivity index (χ0n) is 20.0. The summed E-state index contributed by atoms with van der Waals surface area (Å²) in [5.41, 5.74) is 3.41. The van der Waals surface area contributed by atoms with E-state index in [1.807, 2.05) is 12.1 Å². The molecular weight excluding hydrogens is 468 g/mol. The molecule has 2 aromatic carbocycles. The molecule has 2 aliphatic heterocycles. The van der Waals surface area contributed by atoms with E-state index in [4.69, 9.17) is 4.74 Å². The SMILES string of the molecule is CS(=O)(=O)N(CC(=O)NCCCN1CCc2ccccc21)c1ccc(C(=O)N2CCOCC2)cc1. The molecule has 188 valence electrons. The quantitative estimate of drug-likeness (QED) is 0.524. The number of anilines is 2. The summed E-state index contributed by atoms with van der Waals surface area (Å²) in [6.07, 6.45) is 2.86. The number of nitrogens with zero attached hydrogens (tertiary/aromatic N) is 3. The molecule has 0 radical (unpaired) electrons. The Bertz CT molecular complexity index is 1150. The normalized spacial score (nSPS) is 15.6. The molecule has 1 fully saturated rings. The molecule has 1 saturated heterocycles. The van der Waals surface area contributed by atoms with Gasteiger partial charge in [-0.25, -0.2) is 8.42 Å². The molecule has 2 aliphatic rings. The summed E-state index contributed by atoms with van der Waals surface area (Å²) in [5.74, 6) is -0.491. The predicted molar refractivity (Wildman–Crippen MR) is 135 cm³/mol. The van der Waals surface area contributed by atoms with E-state index in [9.17, 15) is 18.0 Å². The van der Waals surface area contributed by atoms with Gasteiger partial charge >= 0.3 is 0 Å². The monoisotopic (exact) mass is 500 g/mol. The van der Waals surface area contributed by atoms with E-state index >= 15 is 0 Å². The van der Waals surface area contributed by atoms with Gasteiger partial charge in [0, 0.05) is 44.0 Å². The number of sulfonamides is 1. The third kappa shape index (κ3) is 6.32. The van der Waals surface area contributed by atoms with Crippen LogP contribution in [0.2, 0.25) is 0 Å². The van der Waals surface area contributed by atoms with Crippen LogP contribution in [0, 0.1) is 0 Å². The number of hydrogen-bond acceptors (Lipinski definition) is 6. The summed E-state index contributed by atoms with van der Waals surface area (Å²) in [6.45, 7) is 4.01. The van der Waals surface area contributed by atoms with Gasteiger partial charge < -0.3 is 19.9 Å². The number of benzene rings is 2. The van der Waals surface area contributed by atoms with Gasteiger partial charge in [-0.1, -0.05) is 18.2 Å². The van der Waals surface area contributed by atoms with Gasteiger partial charge in [-0.05, 0) is 48.7 Å². The predicted octanol–water partition coefficient (Wildman–Crippen LogP) is 1.49. The molecule has 0 bridgehead atoms. The highest BCUT2D eigenvalue weighted by Crippen LogP contribution is 2.27. The summed E-state index contributed by atoms with van der Waals surface area (Å²) >= 11 is 0. The van der Waals surface area contributed by atoms with Crippen molar-refractivity contribution in [2.24, 2.45) is 0 Å². The second-order valence-electron chi connectivity index (χ2n) is 8.79. The van der Waals surface area contributed by atoms with Crippen LogP contribution in [0.15, 0.2) is 48.5 Å². The second kappa shape index (κ2) is 11.1. The molecule has 4 rings (SSSR count). The molecule has 1 N–H and O–H groups in total. The fourth-order valence-corrected chi connectivity index (χ4v) is 5.30. The largest absolute Gasteiger partial charge is 0.378 e. The number of nitrogens with one attached hydrogen (secondary N) is 1. The third-order valence-corrected chi connectivity index (χ3v) is 7.44. The van der Waals surface area contributed by atoms with Gasteiger partial charge in [0.15, 0.2) is 0 Å². The topological polar surface area (TPSA) is 99.3 Å². The number of amides is 2. The Morgan fingerprint density at radius 1 is 1.03 bits per heavy atom. The maximum Gasteiger partial charge on any atom is 0.254 e. The summed E-state index contributed by atoms with van der Waals surface area (Å²) in [7, 11) is -3.69. The molecule has 0 saturated carbocycles. The molecule has 0 aromatic heterocycles. The standard InChI is InChI=1S/C25H32N4O5S/c1-35(32,33)29(22-9-7-21(8-10-22)25(31)28-15-17-34-18-16-28)19-24(30)26-12-4-13-27-14-11-20-5-2-3-6-23(20)27/h2-3,5-10H,4,11-19H2,1H3,(H,26,30). The molecular formula is C25H32N4O5S. The molecule has 0 aliphatic carbocycles. The number of fused-ring (bicyclic) bond motifs is 1. The van der Waals surface area contributed by atoms with Gasteiger partial charge in [0.2, 0.25) is 15.9 Å². The Morgan fingerprint density at radius 2 is 1.74 bits per heavy atom. The molecule has 0 atom stereocenters. The average Bonchev–Trinajstić information content (AvgIpc) is 3.28. The molecule has 10 heteroatoms. The molecule has 0 spiro atoms. The fraction of sp³-hybridized carbons (Fsp3) is 0.440. The van der Waals surface area contributed by atoms with E-state index in [0.29, 0.717) is 44.1 Å². The van der Waals surface area contributed by atoms with Crippen molar-refractivity contribution in [2.45, 2.75) is 12.8 Å². The molecule has 35 heavy (non-hydrogen) atoms. The highest BCUT2D eigenvalue weighted by molar-refractivity contribution is 7.92. The van der Waals surface area contributed by atoms with Crippen LogP contribution in [0.4, 0.5) is 11.4 Å². The molecule has 2 aromatic rings. The van der Waals surface area contributed by atoms with E-state index in [0.717, 1.165) is 36.5 Å². The van der Waals surface area contributed by atoms with E-state index in [1.165, 1.54) is 11.3 Å². The van der Waals surface area contributed by atoms with Crippen LogP contribution in [-0.4, -0.2) is 83.9 Å². The van der Waals surface area contributed by atoms with Crippen LogP contribution >= 0.6 is 0 Å². The van der Waals surface area contributed by atoms with Gasteiger partial charge in [-0.2, -0.15) is 0 Å². The smallest absolute Gasteiger partial charge is 0.254 e. The van der Waals surface area contributed by atoms with Crippen molar-refractivity contribution in [3.63, 3.8) is 0 Å². The molecule has 2 amide bonds. The average molecular weight is 501 g/mol. The first kappa shape index (κ1) is 25.0. The number of para-hydroxylation sites is 1. The number of hydrogen-bond donors (Lipinski definition) is 1. The van der Waals surface area contributed by atoms with Crippen molar-refractivity contribution in [2.75, 3.05) is 67.9 Å². The summed E-state index contributed by atoms with van der Waals surface area (Å²) < 4.78 is 31.1. The molecule has 2 heterocycles. The lowest BCUT2D eigenvalue weighted by atomic mass is 10.1.